The average molecular weight is 335 g/mol. The minimum absolute atomic E-state index is 0.158. The molecule has 20 heavy (non-hydrogen) atoms. The van der Waals surface area contributed by atoms with Gasteiger partial charge in [0.25, 0.3) is 0 Å². The summed E-state index contributed by atoms with van der Waals surface area (Å²) >= 11 is 3.08. The maximum Gasteiger partial charge on any atom is 0.162 e. The number of nitrogens with zero attached hydrogens (tertiary/aromatic N) is 1. The number of hydrogen-bond donors (Lipinski definition) is 1. The molecule has 0 aromatic heterocycles. The summed E-state index contributed by atoms with van der Waals surface area (Å²) in [5, 5.41) is 11.8. The summed E-state index contributed by atoms with van der Waals surface area (Å²) in [4.78, 5) is 0. The second-order valence-corrected chi connectivity index (χ2v) is 4.78. The summed E-state index contributed by atoms with van der Waals surface area (Å²) in [7, 11) is 0. The zero-order valence-corrected chi connectivity index (χ0v) is 12.4. The molecule has 0 atom stereocenters. The first-order valence-electron chi connectivity index (χ1n) is 6.03. The van der Waals surface area contributed by atoms with Gasteiger partial charge in [0.1, 0.15) is 11.8 Å². The van der Waals surface area contributed by atoms with Crippen molar-refractivity contribution in [1.29, 1.82) is 5.26 Å². The van der Waals surface area contributed by atoms with Crippen LogP contribution in [0.5, 0.6) is 5.75 Å². The zero-order chi connectivity index (χ0) is 14.5. The molecule has 2 rings (SSSR count). The molecule has 102 valence electrons. The van der Waals surface area contributed by atoms with E-state index in [2.05, 4.69) is 21.2 Å². The largest absolute Gasteiger partial charge is 0.494 e. The molecule has 0 unspecified atom stereocenters. The highest BCUT2D eigenvalue weighted by molar-refractivity contribution is 9.10. The van der Waals surface area contributed by atoms with Crippen molar-refractivity contribution in [3.05, 3.63) is 52.3 Å². The summed E-state index contributed by atoms with van der Waals surface area (Å²) in [5.41, 5.74) is 1.27. The number of anilines is 2. The van der Waals surface area contributed by atoms with E-state index in [0.717, 1.165) is 0 Å². The molecule has 5 heteroatoms. The van der Waals surface area contributed by atoms with Crippen LogP contribution in [0.15, 0.2) is 40.9 Å². The first-order chi connectivity index (χ1) is 9.65. The molecule has 0 saturated heterocycles. The van der Waals surface area contributed by atoms with Crippen LogP contribution in [0.25, 0.3) is 0 Å². The molecule has 0 spiro atoms. The number of nitrogens with one attached hydrogen (secondary N) is 1. The Morgan fingerprint density at radius 2 is 2.15 bits per heavy atom. The summed E-state index contributed by atoms with van der Waals surface area (Å²) in [5.74, 6) is 0.219. The lowest BCUT2D eigenvalue weighted by atomic mass is 10.2. The Balaban J connectivity index is 2.29. The molecular formula is C15H12BrFN2O. The van der Waals surface area contributed by atoms with Crippen LogP contribution >= 0.6 is 15.9 Å². The van der Waals surface area contributed by atoms with Crippen LogP contribution in [0.4, 0.5) is 15.8 Å². The highest BCUT2D eigenvalue weighted by Gasteiger charge is 2.11. The van der Waals surface area contributed by atoms with Gasteiger partial charge in [0.15, 0.2) is 5.82 Å². The standard InChI is InChI=1S/C15H12BrFN2O/c1-2-20-12-5-3-4-11(8-12)19-13-7-6-10(9-18)14(16)15(13)17/h3-8,19H,2H2,1H3. The van der Waals surface area contributed by atoms with Crippen LogP contribution in [0, 0.1) is 17.1 Å². The lowest BCUT2D eigenvalue weighted by molar-refractivity contribution is 0.340. The minimum atomic E-state index is -0.495. The molecule has 1 N–H and O–H groups in total. The third kappa shape index (κ3) is 3.09. The molecule has 2 aromatic rings. The highest BCUT2D eigenvalue weighted by Crippen LogP contribution is 2.29. The van der Waals surface area contributed by atoms with Gasteiger partial charge in [-0.05, 0) is 47.1 Å². The number of nitriles is 1. The molecule has 0 bridgehead atoms. The van der Waals surface area contributed by atoms with E-state index < -0.39 is 5.82 Å². The quantitative estimate of drug-likeness (QED) is 0.888. The lowest BCUT2D eigenvalue weighted by Crippen LogP contribution is -1.97. The molecule has 0 aliphatic carbocycles. The van der Waals surface area contributed by atoms with Crippen LogP contribution in [0.2, 0.25) is 0 Å². The third-order valence-electron chi connectivity index (χ3n) is 2.63. The average Bonchev–Trinajstić information content (AvgIpc) is 2.45. The van der Waals surface area contributed by atoms with Gasteiger partial charge in [0.05, 0.1) is 22.3 Å². The van der Waals surface area contributed by atoms with Gasteiger partial charge >= 0.3 is 0 Å². The highest BCUT2D eigenvalue weighted by atomic mass is 79.9. The third-order valence-corrected chi connectivity index (χ3v) is 3.40. The van der Waals surface area contributed by atoms with E-state index in [1.54, 1.807) is 12.1 Å². The molecule has 0 aliphatic heterocycles. The van der Waals surface area contributed by atoms with Gasteiger partial charge in [-0.3, -0.25) is 0 Å². The molecule has 0 amide bonds. The predicted molar refractivity (Wildman–Crippen MR) is 79.7 cm³/mol. The van der Waals surface area contributed by atoms with Crippen molar-refractivity contribution in [2.24, 2.45) is 0 Å². The fraction of sp³-hybridized carbons (Fsp3) is 0.133. The van der Waals surface area contributed by atoms with Crippen molar-refractivity contribution < 1.29 is 9.13 Å². The van der Waals surface area contributed by atoms with Gasteiger partial charge in [-0.15, -0.1) is 0 Å². The molecule has 0 heterocycles. The normalized spacial score (nSPS) is 9.90. The van der Waals surface area contributed by atoms with Gasteiger partial charge in [0.2, 0.25) is 0 Å². The maximum atomic E-state index is 14.1. The van der Waals surface area contributed by atoms with Crippen molar-refractivity contribution in [2.45, 2.75) is 6.92 Å². The summed E-state index contributed by atoms with van der Waals surface area (Å²) < 4.78 is 19.6. The lowest BCUT2D eigenvalue weighted by Gasteiger charge is -2.11. The minimum Gasteiger partial charge on any atom is -0.494 e. The topological polar surface area (TPSA) is 45.0 Å². The van der Waals surface area contributed by atoms with Crippen LogP contribution in [-0.4, -0.2) is 6.61 Å². The second kappa shape index (κ2) is 6.40. The van der Waals surface area contributed by atoms with E-state index in [9.17, 15) is 4.39 Å². The Morgan fingerprint density at radius 3 is 2.85 bits per heavy atom. The van der Waals surface area contributed by atoms with Crippen LogP contribution in [0.3, 0.4) is 0 Å². The number of ether oxygens (including phenoxy) is 1. The van der Waals surface area contributed by atoms with Crippen molar-refractivity contribution in [3.8, 4) is 11.8 Å². The van der Waals surface area contributed by atoms with Crippen LogP contribution in [-0.2, 0) is 0 Å². The number of halogens is 2. The van der Waals surface area contributed by atoms with Crippen LogP contribution in [0.1, 0.15) is 12.5 Å². The second-order valence-electron chi connectivity index (χ2n) is 3.99. The van der Waals surface area contributed by atoms with Crippen molar-refractivity contribution >= 4 is 27.3 Å². The molecule has 2 aromatic carbocycles. The van der Waals surface area contributed by atoms with E-state index in [0.29, 0.717) is 23.7 Å². The van der Waals surface area contributed by atoms with E-state index in [1.807, 2.05) is 31.2 Å². The molecule has 0 fully saturated rings. The molecule has 0 aliphatic rings. The monoisotopic (exact) mass is 334 g/mol. The predicted octanol–water partition coefficient (Wildman–Crippen LogP) is 4.60. The Bertz CT molecular complexity index is 667. The number of rotatable bonds is 4. The van der Waals surface area contributed by atoms with Crippen LogP contribution < -0.4 is 10.1 Å². The van der Waals surface area contributed by atoms with Gasteiger partial charge in [-0.2, -0.15) is 5.26 Å². The van der Waals surface area contributed by atoms with Crippen molar-refractivity contribution in [2.75, 3.05) is 11.9 Å². The fourth-order valence-corrected chi connectivity index (χ4v) is 2.15. The summed E-state index contributed by atoms with van der Waals surface area (Å²) in [6.07, 6.45) is 0. The van der Waals surface area contributed by atoms with Gasteiger partial charge < -0.3 is 10.1 Å². The van der Waals surface area contributed by atoms with E-state index >= 15 is 0 Å². The molecule has 0 radical (unpaired) electrons. The Hall–Kier alpha value is -2.06. The number of hydrogen-bond acceptors (Lipinski definition) is 3. The first kappa shape index (κ1) is 14.4. The molecule has 0 saturated carbocycles. The molecular weight excluding hydrogens is 323 g/mol. The number of benzene rings is 2. The van der Waals surface area contributed by atoms with Gasteiger partial charge in [-0.25, -0.2) is 4.39 Å². The smallest absolute Gasteiger partial charge is 0.162 e. The molecule has 3 nitrogen and oxygen atoms in total. The van der Waals surface area contributed by atoms with E-state index in [-0.39, 0.29) is 10.0 Å². The summed E-state index contributed by atoms with van der Waals surface area (Å²) in [6, 6.07) is 12.3. The maximum absolute atomic E-state index is 14.1. The van der Waals surface area contributed by atoms with Gasteiger partial charge in [0, 0.05) is 11.8 Å². The Morgan fingerprint density at radius 1 is 1.35 bits per heavy atom. The van der Waals surface area contributed by atoms with Crippen molar-refractivity contribution in [3.63, 3.8) is 0 Å². The van der Waals surface area contributed by atoms with Crippen molar-refractivity contribution in [1.82, 2.24) is 0 Å². The first-order valence-corrected chi connectivity index (χ1v) is 6.83. The van der Waals surface area contributed by atoms with Gasteiger partial charge in [-0.1, -0.05) is 6.07 Å². The zero-order valence-electron chi connectivity index (χ0n) is 10.8. The Kier molecular flexibility index (Phi) is 4.59. The fourth-order valence-electron chi connectivity index (χ4n) is 1.72. The summed E-state index contributed by atoms with van der Waals surface area (Å²) in [6.45, 7) is 2.47. The van der Waals surface area contributed by atoms with E-state index in [4.69, 9.17) is 10.00 Å². The Labute approximate surface area is 125 Å². The SMILES string of the molecule is CCOc1cccc(Nc2ccc(C#N)c(Br)c2F)c1. The van der Waals surface area contributed by atoms with E-state index in [1.165, 1.54) is 6.07 Å².